The van der Waals surface area contributed by atoms with E-state index in [-0.39, 0.29) is 0 Å². The molecule has 1 aromatic carbocycles. The third-order valence-corrected chi connectivity index (χ3v) is 2.76. The largest absolute Gasteiger partial charge is 0.491 e. The average molecular weight is 191 g/mol. The molecule has 1 aliphatic carbocycles. The zero-order valence-corrected chi connectivity index (χ0v) is 8.62. The van der Waals surface area contributed by atoms with E-state index in [0.717, 1.165) is 29.5 Å². The Labute approximate surface area is 85.1 Å². The molecule has 0 unspecified atom stereocenters. The molecule has 76 valence electrons. The van der Waals surface area contributed by atoms with E-state index in [9.17, 15) is 0 Å². The molecule has 2 N–H and O–H groups in total. The Morgan fingerprint density at radius 3 is 2.93 bits per heavy atom. The van der Waals surface area contributed by atoms with Crippen LogP contribution in [-0.2, 0) is 0 Å². The van der Waals surface area contributed by atoms with Crippen molar-refractivity contribution in [1.82, 2.24) is 0 Å². The Kier molecular flexibility index (Phi) is 2.62. The van der Waals surface area contributed by atoms with Gasteiger partial charge in [0.1, 0.15) is 5.75 Å². The number of hydrogen-bond acceptors (Lipinski definition) is 2. The molecule has 2 heteroatoms. The maximum atomic E-state index is 5.89. The predicted molar refractivity (Wildman–Crippen MR) is 58.4 cm³/mol. The number of anilines is 1. The van der Waals surface area contributed by atoms with Crippen molar-refractivity contribution < 1.29 is 4.74 Å². The van der Waals surface area contributed by atoms with Gasteiger partial charge >= 0.3 is 0 Å². The van der Waals surface area contributed by atoms with Crippen molar-refractivity contribution in [3.8, 4) is 5.75 Å². The lowest BCUT2D eigenvalue weighted by molar-refractivity contribution is 0.304. The van der Waals surface area contributed by atoms with Crippen LogP contribution in [0.2, 0.25) is 0 Å². The minimum atomic E-state index is 0.781. The van der Waals surface area contributed by atoms with Crippen molar-refractivity contribution >= 4 is 5.69 Å². The maximum absolute atomic E-state index is 5.89. The molecule has 0 amide bonds. The van der Waals surface area contributed by atoms with Crippen molar-refractivity contribution in [1.29, 1.82) is 0 Å². The minimum absolute atomic E-state index is 0.781. The van der Waals surface area contributed by atoms with Crippen LogP contribution in [0, 0.1) is 12.8 Å². The molecular weight excluding hydrogens is 174 g/mol. The molecule has 0 radical (unpaired) electrons. The molecule has 1 fully saturated rings. The summed E-state index contributed by atoms with van der Waals surface area (Å²) in [6.07, 6.45) is 3.94. The summed E-state index contributed by atoms with van der Waals surface area (Å²) in [5, 5.41) is 0. The van der Waals surface area contributed by atoms with Gasteiger partial charge in [0.15, 0.2) is 0 Å². The smallest absolute Gasteiger partial charge is 0.142 e. The lowest BCUT2D eigenvalue weighted by Gasteiger charge is -2.09. The van der Waals surface area contributed by atoms with Crippen LogP contribution in [0.3, 0.4) is 0 Å². The monoisotopic (exact) mass is 191 g/mol. The van der Waals surface area contributed by atoms with Gasteiger partial charge < -0.3 is 10.5 Å². The topological polar surface area (TPSA) is 35.2 Å². The number of aryl methyl sites for hydroxylation is 1. The van der Waals surface area contributed by atoms with Gasteiger partial charge in [-0.25, -0.2) is 0 Å². The quantitative estimate of drug-likeness (QED) is 0.743. The standard InChI is InChI=1S/C12H17NO/c1-9-3-2-4-11(12(9)13)14-8-7-10-5-6-10/h2-4,10H,5-8,13H2,1H3. The molecule has 1 saturated carbocycles. The number of hydrogen-bond donors (Lipinski definition) is 1. The maximum Gasteiger partial charge on any atom is 0.142 e. The van der Waals surface area contributed by atoms with Crippen LogP contribution < -0.4 is 10.5 Å². The van der Waals surface area contributed by atoms with Crippen LogP contribution >= 0.6 is 0 Å². The number of rotatable bonds is 4. The highest BCUT2D eigenvalue weighted by Gasteiger charge is 2.20. The molecule has 14 heavy (non-hydrogen) atoms. The van der Waals surface area contributed by atoms with Gasteiger partial charge in [-0.2, -0.15) is 0 Å². The van der Waals surface area contributed by atoms with Gasteiger partial charge in [0.05, 0.1) is 12.3 Å². The number of para-hydroxylation sites is 1. The first kappa shape index (κ1) is 9.38. The van der Waals surface area contributed by atoms with Gasteiger partial charge in [-0.05, 0) is 30.9 Å². The average Bonchev–Trinajstić information content (AvgIpc) is 2.96. The first-order valence-electron chi connectivity index (χ1n) is 5.25. The van der Waals surface area contributed by atoms with E-state index < -0.39 is 0 Å². The third kappa shape index (κ3) is 2.19. The van der Waals surface area contributed by atoms with Gasteiger partial charge in [-0.3, -0.25) is 0 Å². The van der Waals surface area contributed by atoms with E-state index in [1.807, 2.05) is 25.1 Å². The summed E-state index contributed by atoms with van der Waals surface area (Å²) < 4.78 is 5.64. The third-order valence-electron chi connectivity index (χ3n) is 2.76. The van der Waals surface area contributed by atoms with Crippen LogP contribution in [0.5, 0.6) is 5.75 Å². The lowest BCUT2D eigenvalue weighted by atomic mass is 10.2. The summed E-state index contributed by atoms with van der Waals surface area (Å²) in [7, 11) is 0. The lowest BCUT2D eigenvalue weighted by Crippen LogP contribution is -2.01. The number of nitrogens with two attached hydrogens (primary N) is 1. The van der Waals surface area contributed by atoms with E-state index in [2.05, 4.69) is 0 Å². The molecule has 0 spiro atoms. The summed E-state index contributed by atoms with van der Waals surface area (Å²) in [4.78, 5) is 0. The highest BCUT2D eigenvalue weighted by Crippen LogP contribution is 2.33. The Morgan fingerprint density at radius 2 is 2.21 bits per heavy atom. The van der Waals surface area contributed by atoms with Crippen molar-refractivity contribution in [2.24, 2.45) is 5.92 Å². The van der Waals surface area contributed by atoms with Crippen LogP contribution in [-0.4, -0.2) is 6.61 Å². The number of ether oxygens (including phenoxy) is 1. The fourth-order valence-corrected chi connectivity index (χ4v) is 1.52. The molecule has 0 bridgehead atoms. The van der Waals surface area contributed by atoms with E-state index >= 15 is 0 Å². The molecule has 1 aliphatic rings. The van der Waals surface area contributed by atoms with Crippen molar-refractivity contribution in [2.45, 2.75) is 26.2 Å². The van der Waals surface area contributed by atoms with Crippen molar-refractivity contribution in [2.75, 3.05) is 12.3 Å². The van der Waals surface area contributed by atoms with Gasteiger partial charge in [0.25, 0.3) is 0 Å². The van der Waals surface area contributed by atoms with Gasteiger partial charge in [0.2, 0.25) is 0 Å². The second kappa shape index (κ2) is 3.91. The summed E-state index contributed by atoms with van der Waals surface area (Å²) in [6.45, 7) is 2.81. The fraction of sp³-hybridized carbons (Fsp3) is 0.500. The normalized spacial score (nSPS) is 15.5. The van der Waals surface area contributed by atoms with Crippen molar-refractivity contribution in [3.63, 3.8) is 0 Å². The molecular formula is C12H17NO. The van der Waals surface area contributed by atoms with E-state index in [4.69, 9.17) is 10.5 Å². The van der Waals surface area contributed by atoms with Crippen LogP contribution in [0.4, 0.5) is 5.69 Å². The molecule has 0 atom stereocenters. The summed E-state index contributed by atoms with van der Waals surface area (Å²) in [5.74, 6) is 1.76. The first-order chi connectivity index (χ1) is 6.77. The summed E-state index contributed by atoms with van der Waals surface area (Å²) in [6, 6.07) is 5.93. The minimum Gasteiger partial charge on any atom is -0.491 e. The summed E-state index contributed by atoms with van der Waals surface area (Å²) >= 11 is 0. The molecule has 2 rings (SSSR count). The Balaban J connectivity index is 1.90. The Bertz CT molecular complexity index is 318. The molecule has 2 nitrogen and oxygen atoms in total. The van der Waals surface area contributed by atoms with Crippen LogP contribution in [0.1, 0.15) is 24.8 Å². The van der Waals surface area contributed by atoms with E-state index in [1.54, 1.807) is 0 Å². The number of nitrogen functional groups attached to an aromatic ring is 1. The van der Waals surface area contributed by atoms with E-state index in [1.165, 1.54) is 19.3 Å². The van der Waals surface area contributed by atoms with Crippen LogP contribution in [0.15, 0.2) is 18.2 Å². The second-order valence-corrected chi connectivity index (χ2v) is 4.07. The molecule has 0 heterocycles. The van der Waals surface area contributed by atoms with Gasteiger partial charge in [-0.1, -0.05) is 25.0 Å². The Hall–Kier alpha value is -1.18. The molecule has 0 aromatic heterocycles. The first-order valence-corrected chi connectivity index (χ1v) is 5.25. The Morgan fingerprint density at radius 1 is 1.43 bits per heavy atom. The van der Waals surface area contributed by atoms with Crippen molar-refractivity contribution in [3.05, 3.63) is 23.8 Å². The highest BCUT2D eigenvalue weighted by molar-refractivity contribution is 5.57. The zero-order chi connectivity index (χ0) is 9.97. The summed E-state index contributed by atoms with van der Waals surface area (Å²) in [5.41, 5.74) is 7.76. The van der Waals surface area contributed by atoms with Gasteiger partial charge in [-0.15, -0.1) is 0 Å². The SMILES string of the molecule is Cc1cccc(OCCC2CC2)c1N. The molecule has 0 saturated heterocycles. The molecule has 1 aromatic rings. The number of benzene rings is 1. The molecule has 0 aliphatic heterocycles. The van der Waals surface area contributed by atoms with Crippen LogP contribution in [0.25, 0.3) is 0 Å². The predicted octanol–water partition coefficient (Wildman–Crippen LogP) is 2.76. The zero-order valence-electron chi connectivity index (χ0n) is 8.62. The fourth-order valence-electron chi connectivity index (χ4n) is 1.52. The second-order valence-electron chi connectivity index (χ2n) is 4.07. The van der Waals surface area contributed by atoms with E-state index in [0.29, 0.717) is 0 Å². The van der Waals surface area contributed by atoms with Gasteiger partial charge in [0, 0.05) is 0 Å². The highest BCUT2D eigenvalue weighted by atomic mass is 16.5.